The van der Waals surface area contributed by atoms with E-state index in [0.29, 0.717) is 18.7 Å². The molecule has 0 aliphatic carbocycles. The molecule has 17 heavy (non-hydrogen) atoms. The lowest BCUT2D eigenvalue weighted by Gasteiger charge is -2.14. The fourth-order valence-electron chi connectivity index (χ4n) is 1.63. The maximum Gasteiger partial charge on any atom is 0.433 e. The van der Waals surface area contributed by atoms with Crippen molar-refractivity contribution in [1.82, 2.24) is 10.3 Å². The summed E-state index contributed by atoms with van der Waals surface area (Å²) < 4.78 is 37.3. The van der Waals surface area contributed by atoms with Crippen LogP contribution in [-0.2, 0) is 6.18 Å². The first kappa shape index (κ1) is 14.0. The minimum Gasteiger partial charge on any atom is -0.313 e. The third-order valence-corrected chi connectivity index (χ3v) is 2.43. The lowest BCUT2D eigenvalue weighted by Crippen LogP contribution is -2.20. The summed E-state index contributed by atoms with van der Waals surface area (Å²) in [5, 5.41) is 3.10. The number of hydrogen-bond donors (Lipinski definition) is 1. The van der Waals surface area contributed by atoms with E-state index in [1.54, 1.807) is 6.07 Å². The van der Waals surface area contributed by atoms with Gasteiger partial charge < -0.3 is 5.32 Å². The molecule has 0 unspecified atom stereocenters. The Bertz CT molecular complexity index is 415. The molecular formula is C11H12ClF3N2. The lowest BCUT2D eigenvalue weighted by molar-refractivity contribution is -0.141. The smallest absolute Gasteiger partial charge is 0.313 e. The van der Waals surface area contributed by atoms with E-state index in [4.69, 9.17) is 0 Å². The summed E-state index contributed by atoms with van der Waals surface area (Å²) in [5.74, 6) is 0. The van der Waals surface area contributed by atoms with E-state index in [1.165, 1.54) is 6.07 Å². The average molecular weight is 265 g/mol. The molecule has 0 fully saturated rings. The molecule has 0 radical (unpaired) electrons. The van der Waals surface area contributed by atoms with Crippen LogP contribution in [-0.4, -0.2) is 18.1 Å². The Labute approximate surface area is 103 Å². The quantitative estimate of drug-likeness (QED) is 0.844. The van der Waals surface area contributed by atoms with Crippen LogP contribution in [0, 0.1) is 0 Å². The topological polar surface area (TPSA) is 24.9 Å². The zero-order valence-corrected chi connectivity index (χ0v) is 9.74. The molecule has 6 heteroatoms. The van der Waals surface area contributed by atoms with Crippen LogP contribution in [0.15, 0.2) is 24.3 Å². The molecule has 0 saturated heterocycles. The average Bonchev–Trinajstić information content (AvgIpc) is 2.29. The molecule has 0 aromatic carbocycles. The first-order valence-corrected chi connectivity index (χ1v) is 5.02. The van der Waals surface area contributed by atoms with Crippen molar-refractivity contribution in [2.45, 2.75) is 12.6 Å². The molecule has 2 nitrogen and oxygen atoms in total. The van der Waals surface area contributed by atoms with Gasteiger partial charge in [0, 0.05) is 6.54 Å². The van der Waals surface area contributed by atoms with E-state index >= 15 is 0 Å². The van der Waals surface area contributed by atoms with Crippen molar-refractivity contribution in [2.24, 2.45) is 0 Å². The Hall–Kier alpha value is -1.07. The lowest BCUT2D eigenvalue weighted by atomic mass is 10.1. The molecule has 1 aliphatic rings. The van der Waals surface area contributed by atoms with Gasteiger partial charge >= 0.3 is 6.18 Å². The van der Waals surface area contributed by atoms with Crippen molar-refractivity contribution < 1.29 is 13.2 Å². The first-order valence-electron chi connectivity index (χ1n) is 5.02. The van der Waals surface area contributed by atoms with Crippen LogP contribution in [0.1, 0.15) is 17.8 Å². The van der Waals surface area contributed by atoms with E-state index in [1.807, 2.05) is 6.08 Å². The van der Waals surface area contributed by atoms with Gasteiger partial charge in [0.2, 0.25) is 0 Å². The van der Waals surface area contributed by atoms with Gasteiger partial charge in [0.05, 0.1) is 5.69 Å². The molecule has 0 amide bonds. The molecule has 1 N–H and O–H groups in total. The number of alkyl halides is 3. The minimum atomic E-state index is -4.37. The van der Waals surface area contributed by atoms with Crippen molar-refractivity contribution in [3.05, 3.63) is 35.7 Å². The second kappa shape index (κ2) is 5.51. The van der Waals surface area contributed by atoms with Gasteiger partial charge in [-0.2, -0.15) is 13.2 Å². The highest BCUT2D eigenvalue weighted by Crippen LogP contribution is 2.29. The number of rotatable bonds is 1. The fraction of sp³-hybridized carbons (Fsp3) is 0.364. The van der Waals surface area contributed by atoms with E-state index in [9.17, 15) is 13.2 Å². The molecule has 94 valence electrons. The van der Waals surface area contributed by atoms with Gasteiger partial charge in [-0.15, -0.1) is 12.4 Å². The Morgan fingerprint density at radius 3 is 2.59 bits per heavy atom. The number of nitrogens with zero attached hydrogens (tertiary/aromatic N) is 1. The summed E-state index contributed by atoms with van der Waals surface area (Å²) in [4.78, 5) is 3.65. The molecule has 0 spiro atoms. The van der Waals surface area contributed by atoms with Crippen molar-refractivity contribution in [3.63, 3.8) is 0 Å². The van der Waals surface area contributed by atoms with Gasteiger partial charge in [0.1, 0.15) is 5.69 Å². The predicted octanol–water partition coefficient (Wildman–Crippen LogP) is 2.90. The third kappa shape index (κ3) is 3.44. The fourth-order valence-corrected chi connectivity index (χ4v) is 1.63. The van der Waals surface area contributed by atoms with Crippen LogP contribution >= 0.6 is 12.4 Å². The van der Waals surface area contributed by atoms with Crippen molar-refractivity contribution in [3.8, 4) is 0 Å². The van der Waals surface area contributed by atoms with Gasteiger partial charge in [0.15, 0.2) is 0 Å². The number of pyridine rings is 1. The van der Waals surface area contributed by atoms with Crippen LogP contribution in [0.4, 0.5) is 13.2 Å². The van der Waals surface area contributed by atoms with Crippen LogP contribution in [0.5, 0.6) is 0 Å². The maximum atomic E-state index is 12.4. The Balaban J connectivity index is 0.00000144. The largest absolute Gasteiger partial charge is 0.433 e. The third-order valence-electron chi connectivity index (χ3n) is 2.43. The summed E-state index contributed by atoms with van der Waals surface area (Å²) in [6.45, 7) is 1.47. The second-order valence-corrected chi connectivity index (χ2v) is 3.59. The summed E-state index contributed by atoms with van der Waals surface area (Å²) >= 11 is 0. The molecule has 1 aliphatic heterocycles. The molecule has 0 atom stereocenters. The van der Waals surface area contributed by atoms with Crippen LogP contribution in [0.2, 0.25) is 0 Å². The highest BCUT2D eigenvalue weighted by atomic mass is 35.5. The number of aromatic nitrogens is 1. The molecule has 0 saturated carbocycles. The highest BCUT2D eigenvalue weighted by Gasteiger charge is 2.32. The standard InChI is InChI=1S/C11H11F3N2.ClH/c12-11(13,14)10-3-1-2-9(16-10)8-4-6-15-7-5-8;/h1-4,15H,5-7H2;1H. The number of hydrogen-bond acceptors (Lipinski definition) is 2. The zero-order valence-electron chi connectivity index (χ0n) is 8.92. The molecule has 2 heterocycles. The van der Waals surface area contributed by atoms with E-state index < -0.39 is 11.9 Å². The molecule has 1 aromatic heterocycles. The maximum absolute atomic E-state index is 12.4. The number of halogens is 4. The monoisotopic (exact) mass is 264 g/mol. The van der Waals surface area contributed by atoms with Gasteiger partial charge in [-0.25, -0.2) is 4.98 Å². The Kier molecular flexibility index (Phi) is 4.54. The van der Waals surface area contributed by atoms with Crippen molar-refractivity contribution >= 4 is 18.0 Å². The van der Waals surface area contributed by atoms with Crippen LogP contribution in [0.25, 0.3) is 5.57 Å². The summed E-state index contributed by atoms with van der Waals surface area (Å²) in [5.41, 5.74) is 0.477. The zero-order chi connectivity index (χ0) is 11.6. The summed E-state index contributed by atoms with van der Waals surface area (Å²) in [7, 11) is 0. The molecule has 1 aromatic rings. The van der Waals surface area contributed by atoms with Crippen LogP contribution < -0.4 is 5.32 Å². The van der Waals surface area contributed by atoms with Crippen molar-refractivity contribution in [2.75, 3.05) is 13.1 Å². The van der Waals surface area contributed by atoms with Gasteiger partial charge in [-0.1, -0.05) is 12.1 Å². The van der Waals surface area contributed by atoms with E-state index in [2.05, 4.69) is 10.3 Å². The predicted molar refractivity (Wildman–Crippen MR) is 62.0 cm³/mol. The highest BCUT2D eigenvalue weighted by molar-refractivity contribution is 5.85. The van der Waals surface area contributed by atoms with Gasteiger partial charge in [-0.05, 0) is 30.7 Å². The first-order chi connectivity index (χ1) is 7.57. The van der Waals surface area contributed by atoms with Gasteiger partial charge in [-0.3, -0.25) is 0 Å². The van der Waals surface area contributed by atoms with Gasteiger partial charge in [0.25, 0.3) is 0 Å². The Morgan fingerprint density at radius 2 is 2.00 bits per heavy atom. The normalized spacial score (nSPS) is 16.1. The Morgan fingerprint density at radius 1 is 1.24 bits per heavy atom. The summed E-state index contributed by atoms with van der Waals surface area (Å²) in [6.07, 6.45) is -1.77. The minimum absolute atomic E-state index is 0. The van der Waals surface area contributed by atoms with Crippen LogP contribution in [0.3, 0.4) is 0 Å². The molecular weight excluding hydrogens is 253 g/mol. The van der Waals surface area contributed by atoms with E-state index in [-0.39, 0.29) is 12.4 Å². The summed E-state index contributed by atoms with van der Waals surface area (Å²) in [6, 6.07) is 4.01. The number of nitrogens with one attached hydrogen (secondary N) is 1. The van der Waals surface area contributed by atoms with E-state index in [0.717, 1.165) is 18.2 Å². The molecule has 0 bridgehead atoms. The SMILES string of the molecule is Cl.FC(F)(F)c1cccc(C2=CCNCC2)n1. The second-order valence-electron chi connectivity index (χ2n) is 3.59. The molecule has 2 rings (SSSR count). The van der Waals surface area contributed by atoms with Crippen molar-refractivity contribution in [1.29, 1.82) is 0 Å².